The van der Waals surface area contributed by atoms with E-state index < -0.39 is 11.7 Å². The van der Waals surface area contributed by atoms with Crippen LogP contribution in [0.5, 0.6) is 5.75 Å². The fourth-order valence-corrected chi connectivity index (χ4v) is 2.96. The van der Waals surface area contributed by atoms with E-state index >= 15 is 0 Å². The Bertz CT molecular complexity index is 1090. The smallest absolute Gasteiger partial charge is 0.421 e. The maximum atomic E-state index is 13.7. The minimum atomic E-state index is -4.63. The van der Waals surface area contributed by atoms with Crippen LogP contribution in [-0.2, 0) is 6.18 Å². The molecule has 166 valence electrons. The summed E-state index contributed by atoms with van der Waals surface area (Å²) in [7, 11) is 3.17. The zero-order valence-electron chi connectivity index (χ0n) is 17.9. The number of rotatable bonds is 7. The first-order valence-electron chi connectivity index (χ1n) is 9.89. The van der Waals surface area contributed by atoms with Crippen LogP contribution in [0.4, 0.5) is 36.3 Å². The van der Waals surface area contributed by atoms with Crippen LogP contribution in [0.2, 0.25) is 0 Å². The number of hydrogen-bond donors (Lipinski definition) is 0. The second-order valence-corrected chi connectivity index (χ2v) is 7.02. The Labute approximate surface area is 184 Å². The lowest BCUT2D eigenvalue weighted by Gasteiger charge is -2.25. The molecule has 0 fully saturated rings. The van der Waals surface area contributed by atoms with Crippen molar-refractivity contribution in [1.82, 2.24) is 9.97 Å². The molecule has 0 aliphatic heterocycles. The van der Waals surface area contributed by atoms with Crippen LogP contribution in [0.1, 0.15) is 24.5 Å². The molecule has 0 spiro atoms. The molecule has 1 heterocycles. The summed E-state index contributed by atoms with van der Waals surface area (Å²) in [6.07, 6.45) is -2.99. The van der Waals surface area contributed by atoms with Crippen LogP contribution < -0.4 is 14.5 Å². The van der Waals surface area contributed by atoms with Gasteiger partial charge in [0.15, 0.2) is 5.82 Å². The third-order valence-electron chi connectivity index (χ3n) is 4.76. The Morgan fingerprint density at radius 2 is 1.56 bits per heavy atom. The van der Waals surface area contributed by atoms with Gasteiger partial charge < -0.3 is 14.5 Å². The van der Waals surface area contributed by atoms with E-state index in [0.29, 0.717) is 29.3 Å². The van der Waals surface area contributed by atoms with Crippen molar-refractivity contribution in [3.05, 3.63) is 65.9 Å². The molecule has 0 atom stereocenters. The fraction of sp³-hybridized carbons (Fsp3) is 0.261. The number of nitrogens with zero attached hydrogens (tertiary/aromatic N) is 5. The molecule has 3 rings (SSSR count). The van der Waals surface area contributed by atoms with Crippen LogP contribution in [0, 0.1) is 11.3 Å². The second-order valence-electron chi connectivity index (χ2n) is 7.02. The Balaban J connectivity index is 1.97. The zero-order chi connectivity index (χ0) is 23.3. The molecule has 0 aliphatic rings. The van der Waals surface area contributed by atoms with Gasteiger partial charge in [-0.05, 0) is 55.0 Å². The molecule has 0 N–H and O–H groups in total. The first kappa shape index (κ1) is 22.9. The van der Waals surface area contributed by atoms with Crippen molar-refractivity contribution in [1.29, 1.82) is 5.26 Å². The molecule has 0 saturated carbocycles. The molecule has 1 aromatic heterocycles. The van der Waals surface area contributed by atoms with E-state index in [4.69, 9.17) is 10.00 Å². The van der Waals surface area contributed by atoms with Gasteiger partial charge in [-0.3, -0.25) is 0 Å². The highest BCUT2D eigenvalue weighted by atomic mass is 19.4. The van der Waals surface area contributed by atoms with Gasteiger partial charge >= 0.3 is 6.18 Å². The van der Waals surface area contributed by atoms with E-state index in [9.17, 15) is 13.2 Å². The summed E-state index contributed by atoms with van der Waals surface area (Å²) in [5.41, 5.74) is 0.686. The lowest BCUT2D eigenvalue weighted by Crippen LogP contribution is -2.21. The molecule has 9 heteroatoms. The Morgan fingerprint density at radius 1 is 0.969 bits per heavy atom. The Hall–Kier alpha value is -3.80. The number of alkyl halides is 3. The van der Waals surface area contributed by atoms with E-state index in [1.807, 2.05) is 13.0 Å². The highest BCUT2D eigenvalue weighted by Gasteiger charge is 2.37. The third-order valence-corrected chi connectivity index (χ3v) is 4.76. The monoisotopic (exact) mass is 441 g/mol. The highest BCUT2D eigenvalue weighted by molar-refractivity contribution is 5.66. The van der Waals surface area contributed by atoms with Crippen molar-refractivity contribution >= 4 is 23.1 Å². The van der Waals surface area contributed by atoms with Crippen molar-refractivity contribution in [3.63, 3.8) is 0 Å². The summed E-state index contributed by atoms with van der Waals surface area (Å²) < 4.78 is 46.6. The maximum absolute atomic E-state index is 13.7. The minimum Gasteiger partial charge on any atom is -0.494 e. The Morgan fingerprint density at radius 3 is 2.12 bits per heavy atom. The number of aromatic nitrogens is 2. The van der Waals surface area contributed by atoms with Gasteiger partial charge in [0.25, 0.3) is 0 Å². The number of anilines is 4. The minimum absolute atomic E-state index is 0.0902. The predicted molar refractivity (Wildman–Crippen MR) is 117 cm³/mol. The van der Waals surface area contributed by atoms with E-state index in [2.05, 4.69) is 9.97 Å². The molecule has 0 amide bonds. The van der Waals surface area contributed by atoms with Gasteiger partial charge in [0.1, 0.15) is 11.3 Å². The Kier molecular flexibility index (Phi) is 6.83. The molecule has 3 aromatic rings. The van der Waals surface area contributed by atoms with Crippen molar-refractivity contribution in [2.24, 2.45) is 0 Å². The fourth-order valence-electron chi connectivity index (χ4n) is 2.96. The summed E-state index contributed by atoms with van der Waals surface area (Å²) in [5.74, 6) is 0.460. The van der Waals surface area contributed by atoms with Crippen LogP contribution in [0.3, 0.4) is 0 Å². The van der Waals surface area contributed by atoms with E-state index in [0.717, 1.165) is 12.6 Å². The molecular formula is C23H22F3N5O. The number of benzene rings is 2. The van der Waals surface area contributed by atoms with Gasteiger partial charge in [-0.25, -0.2) is 4.98 Å². The van der Waals surface area contributed by atoms with Crippen molar-refractivity contribution < 1.29 is 17.9 Å². The largest absolute Gasteiger partial charge is 0.494 e. The standard InChI is InChI=1S/C23H22F3N5O/c1-4-13-32-19-11-9-17(10-12-19)30(2)21-20(23(24,25)26)15-28-22(29-21)31(3)18-7-5-16(14-27)6-8-18/h5-12,15H,4,13H2,1-3H3. The first-order chi connectivity index (χ1) is 15.2. The quantitative estimate of drug-likeness (QED) is 0.469. The molecule has 0 aliphatic carbocycles. The lowest BCUT2D eigenvalue weighted by atomic mass is 10.2. The molecule has 0 saturated heterocycles. The van der Waals surface area contributed by atoms with E-state index in [1.165, 1.54) is 11.9 Å². The van der Waals surface area contributed by atoms with Gasteiger partial charge in [0.2, 0.25) is 5.95 Å². The van der Waals surface area contributed by atoms with Crippen LogP contribution >= 0.6 is 0 Å². The predicted octanol–water partition coefficient (Wildman–Crippen LogP) is 5.69. The summed E-state index contributed by atoms with van der Waals surface area (Å²) in [6.45, 7) is 2.55. The summed E-state index contributed by atoms with van der Waals surface area (Å²) >= 11 is 0. The van der Waals surface area contributed by atoms with E-state index in [-0.39, 0.29) is 11.8 Å². The maximum Gasteiger partial charge on any atom is 0.421 e. The van der Waals surface area contributed by atoms with Crippen LogP contribution in [0.15, 0.2) is 54.7 Å². The number of nitriles is 1. The summed E-state index contributed by atoms with van der Waals surface area (Å²) in [5, 5.41) is 8.95. The van der Waals surface area contributed by atoms with Gasteiger partial charge in [-0.1, -0.05) is 6.92 Å². The molecule has 6 nitrogen and oxygen atoms in total. The number of halogens is 3. The normalized spacial score (nSPS) is 11.0. The lowest BCUT2D eigenvalue weighted by molar-refractivity contribution is -0.137. The summed E-state index contributed by atoms with van der Waals surface area (Å²) in [4.78, 5) is 11.1. The van der Waals surface area contributed by atoms with Crippen molar-refractivity contribution in [2.45, 2.75) is 19.5 Å². The topological polar surface area (TPSA) is 65.3 Å². The number of ether oxygens (including phenoxy) is 1. The molecular weight excluding hydrogens is 419 g/mol. The van der Waals surface area contributed by atoms with Gasteiger partial charge in [0, 0.05) is 31.7 Å². The van der Waals surface area contributed by atoms with Crippen molar-refractivity contribution in [3.8, 4) is 11.8 Å². The van der Waals surface area contributed by atoms with Crippen LogP contribution in [0.25, 0.3) is 0 Å². The highest BCUT2D eigenvalue weighted by Crippen LogP contribution is 2.38. The van der Waals surface area contributed by atoms with Gasteiger partial charge in [-0.15, -0.1) is 0 Å². The average Bonchev–Trinajstić information content (AvgIpc) is 2.81. The van der Waals surface area contributed by atoms with Gasteiger partial charge in [-0.2, -0.15) is 23.4 Å². The van der Waals surface area contributed by atoms with Gasteiger partial charge in [0.05, 0.1) is 18.2 Å². The SMILES string of the molecule is CCCOc1ccc(N(C)c2nc(N(C)c3ccc(C#N)cc3)ncc2C(F)(F)F)cc1. The zero-order valence-corrected chi connectivity index (χ0v) is 17.9. The van der Waals surface area contributed by atoms with Crippen molar-refractivity contribution in [2.75, 3.05) is 30.5 Å². The molecule has 0 unspecified atom stereocenters. The third kappa shape index (κ3) is 5.09. The molecule has 2 aromatic carbocycles. The average molecular weight is 441 g/mol. The van der Waals surface area contributed by atoms with Crippen LogP contribution in [-0.4, -0.2) is 30.7 Å². The second kappa shape index (κ2) is 9.56. The van der Waals surface area contributed by atoms with E-state index in [1.54, 1.807) is 60.5 Å². The first-order valence-corrected chi connectivity index (χ1v) is 9.89. The molecule has 0 radical (unpaired) electrons. The molecule has 32 heavy (non-hydrogen) atoms. The number of hydrogen-bond acceptors (Lipinski definition) is 6. The molecule has 0 bridgehead atoms. The summed E-state index contributed by atoms with van der Waals surface area (Å²) in [6, 6.07) is 15.4.